The third-order valence-electron chi connectivity index (χ3n) is 6.10. The monoisotopic (exact) mass is 360 g/mol. The molecular formula is C10H30Cl2Si5. The Morgan fingerprint density at radius 3 is 0.706 bits per heavy atom. The maximum atomic E-state index is 6.90. The van der Waals surface area contributed by atoms with Gasteiger partial charge in [0.15, 0.2) is 0 Å². The van der Waals surface area contributed by atoms with E-state index in [9.17, 15) is 0 Å². The summed E-state index contributed by atoms with van der Waals surface area (Å²) in [7, 11) is -3.94. The summed E-state index contributed by atoms with van der Waals surface area (Å²) >= 11 is 13.8. The summed E-state index contributed by atoms with van der Waals surface area (Å²) in [5, 5.41) is 0. The third kappa shape index (κ3) is 3.06. The van der Waals surface area contributed by atoms with Crippen LogP contribution in [0.1, 0.15) is 0 Å². The highest BCUT2D eigenvalue weighted by Gasteiger charge is 2.62. The quantitative estimate of drug-likeness (QED) is 0.470. The predicted octanol–water partition coefficient (Wildman–Crippen LogP) is 5.31. The standard InChI is InChI=1S/C10H30Cl2Si5/c1-13(2,11)15(5,6)17(9,10)16(7,8)14(3,4)12/h1-10H3. The van der Waals surface area contributed by atoms with Crippen molar-refractivity contribution in [2.24, 2.45) is 0 Å². The van der Waals surface area contributed by atoms with Gasteiger partial charge in [-0.1, -0.05) is 65.5 Å². The molecule has 0 aromatic carbocycles. The first-order valence-corrected chi connectivity index (χ1v) is 27.4. The van der Waals surface area contributed by atoms with Gasteiger partial charge in [0.1, 0.15) is 13.8 Å². The maximum Gasteiger partial charge on any atom is 0.138 e. The maximum absolute atomic E-state index is 6.90. The van der Waals surface area contributed by atoms with E-state index in [-0.39, 0.29) is 0 Å². The smallest absolute Gasteiger partial charge is 0.138 e. The van der Waals surface area contributed by atoms with Gasteiger partial charge in [-0.2, -0.15) is 22.2 Å². The number of halogens is 2. The summed E-state index contributed by atoms with van der Waals surface area (Å²) < 4.78 is 0. The summed E-state index contributed by atoms with van der Waals surface area (Å²) in [5.41, 5.74) is 0. The first kappa shape index (κ1) is 18.7. The topological polar surface area (TPSA) is 0 Å². The molecular weight excluding hydrogens is 331 g/mol. The molecule has 0 heterocycles. The van der Waals surface area contributed by atoms with Crippen molar-refractivity contribution in [3.63, 3.8) is 0 Å². The molecule has 0 aliphatic heterocycles. The van der Waals surface area contributed by atoms with Crippen molar-refractivity contribution < 1.29 is 0 Å². The van der Waals surface area contributed by atoms with Gasteiger partial charge in [0, 0.05) is 7.11 Å². The van der Waals surface area contributed by atoms with Crippen molar-refractivity contribution in [2.75, 3.05) is 0 Å². The first-order valence-electron chi connectivity index (χ1n) is 6.38. The van der Waals surface area contributed by atoms with Crippen LogP contribution >= 0.6 is 22.2 Å². The van der Waals surface area contributed by atoms with Crippen LogP contribution in [0.5, 0.6) is 0 Å². The molecule has 0 radical (unpaired) electrons. The van der Waals surface area contributed by atoms with E-state index < -0.39 is 35.1 Å². The fourth-order valence-electron chi connectivity index (χ4n) is 2.27. The van der Waals surface area contributed by atoms with Gasteiger partial charge in [-0.3, -0.25) is 0 Å². The number of hydrogen-bond donors (Lipinski definition) is 0. The van der Waals surface area contributed by atoms with Crippen molar-refractivity contribution in [1.29, 1.82) is 0 Å². The Balaban J connectivity index is 5.73. The Hall–Kier alpha value is 1.66. The zero-order chi connectivity index (χ0) is 14.5. The number of rotatable bonds is 4. The van der Waals surface area contributed by atoms with Crippen LogP contribution in [0.15, 0.2) is 0 Å². The Labute approximate surface area is 122 Å². The zero-order valence-corrected chi connectivity index (χ0v) is 19.8. The molecule has 0 saturated carbocycles. The largest absolute Gasteiger partial charge is 0.171 e. The zero-order valence-electron chi connectivity index (χ0n) is 13.3. The van der Waals surface area contributed by atoms with Crippen molar-refractivity contribution in [1.82, 2.24) is 0 Å². The highest BCUT2D eigenvalue weighted by molar-refractivity contribution is 7.97. The molecule has 17 heavy (non-hydrogen) atoms. The van der Waals surface area contributed by atoms with E-state index in [2.05, 4.69) is 65.5 Å². The van der Waals surface area contributed by atoms with Crippen molar-refractivity contribution >= 4 is 57.3 Å². The lowest BCUT2D eigenvalue weighted by molar-refractivity contribution is 1.78. The van der Waals surface area contributed by atoms with Crippen molar-refractivity contribution in [3.8, 4) is 0 Å². The highest BCUT2D eigenvalue weighted by Crippen LogP contribution is 2.41. The van der Waals surface area contributed by atoms with Crippen LogP contribution in [0.3, 0.4) is 0 Å². The minimum atomic E-state index is -1.54. The molecule has 0 N–H and O–H groups in total. The first-order chi connectivity index (χ1) is 7.00. The Morgan fingerprint density at radius 2 is 0.588 bits per heavy atom. The second kappa shape index (κ2) is 4.89. The van der Waals surface area contributed by atoms with Gasteiger partial charge in [0.25, 0.3) is 0 Å². The molecule has 0 aromatic heterocycles. The van der Waals surface area contributed by atoms with E-state index in [1.54, 1.807) is 0 Å². The average molecular weight is 362 g/mol. The van der Waals surface area contributed by atoms with Gasteiger partial charge in [0.05, 0.1) is 14.2 Å². The van der Waals surface area contributed by atoms with Crippen LogP contribution in [0.2, 0.25) is 65.5 Å². The molecule has 0 aliphatic carbocycles. The minimum absolute atomic E-state index is 1.29. The fraction of sp³-hybridized carbons (Fsp3) is 1.00. The Kier molecular flexibility index (Phi) is 5.37. The third-order valence-corrected chi connectivity index (χ3v) is 104. The van der Waals surface area contributed by atoms with Crippen molar-refractivity contribution in [3.05, 3.63) is 0 Å². The molecule has 0 saturated heterocycles. The van der Waals surface area contributed by atoms with Crippen LogP contribution in [-0.2, 0) is 0 Å². The van der Waals surface area contributed by atoms with Crippen molar-refractivity contribution in [2.45, 2.75) is 65.5 Å². The van der Waals surface area contributed by atoms with Crippen LogP contribution in [0, 0.1) is 0 Å². The highest BCUT2D eigenvalue weighted by atomic mass is 35.6. The summed E-state index contributed by atoms with van der Waals surface area (Å²) in [4.78, 5) is 0. The van der Waals surface area contributed by atoms with E-state index in [4.69, 9.17) is 22.2 Å². The summed E-state index contributed by atoms with van der Waals surface area (Å²) in [6.07, 6.45) is 0. The van der Waals surface area contributed by atoms with Gasteiger partial charge in [0.2, 0.25) is 0 Å². The van der Waals surface area contributed by atoms with E-state index in [0.29, 0.717) is 0 Å². The van der Waals surface area contributed by atoms with E-state index in [0.717, 1.165) is 0 Å². The van der Waals surface area contributed by atoms with Gasteiger partial charge in [-0.15, -0.1) is 0 Å². The summed E-state index contributed by atoms with van der Waals surface area (Å²) in [6.45, 7) is 21.8. The molecule has 7 heteroatoms. The average Bonchev–Trinajstić information content (AvgIpc) is 1.98. The van der Waals surface area contributed by atoms with Gasteiger partial charge in [-0.25, -0.2) is 0 Å². The molecule has 104 valence electrons. The molecule has 0 rings (SSSR count). The van der Waals surface area contributed by atoms with Crippen LogP contribution < -0.4 is 0 Å². The SMILES string of the molecule is C[Si](C)(Cl)[Si](C)(C)[Si](C)(C)[Si](C)(C)[Si](C)(C)Cl. The molecule has 0 unspecified atom stereocenters. The normalized spacial score (nSPS) is 16.2. The van der Waals surface area contributed by atoms with Gasteiger partial charge in [-0.05, 0) is 0 Å². The molecule has 0 fully saturated rings. The Morgan fingerprint density at radius 1 is 0.412 bits per heavy atom. The Bertz CT molecular complexity index is 258. The molecule has 0 aromatic rings. The molecule has 0 spiro atoms. The molecule has 0 nitrogen and oxygen atoms in total. The second-order valence-corrected chi connectivity index (χ2v) is 65.5. The molecule has 0 bridgehead atoms. The van der Waals surface area contributed by atoms with Gasteiger partial charge < -0.3 is 0 Å². The second-order valence-electron chi connectivity index (χ2n) is 7.82. The predicted molar refractivity (Wildman–Crippen MR) is 99.1 cm³/mol. The van der Waals surface area contributed by atoms with Crippen LogP contribution in [0.25, 0.3) is 0 Å². The number of hydrogen-bond acceptors (Lipinski definition) is 0. The van der Waals surface area contributed by atoms with Gasteiger partial charge >= 0.3 is 0 Å². The van der Waals surface area contributed by atoms with E-state index >= 15 is 0 Å². The molecule has 0 atom stereocenters. The lowest BCUT2D eigenvalue weighted by Crippen LogP contribution is -2.82. The molecule has 0 aliphatic rings. The lowest BCUT2D eigenvalue weighted by Gasteiger charge is -2.55. The summed E-state index contributed by atoms with van der Waals surface area (Å²) in [5.74, 6) is 0. The van der Waals surface area contributed by atoms with E-state index in [1.807, 2.05) is 0 Å². The molecule has 0 amide bonds. The van der Waals surface area contributed by atoms with Crippen LogP contribution in [-0.4, -0.2) is 35.1 Å². The summed E-state index contributed by atoms with van der Waals surface area (Å²) in [6, 6.07) is 0. The lowest BCUT2D eigenvalue weighted by atomic mass is 11.9. The van der Waals surface area contributed by atoms with E-state index in [1.165, 1.54) is 0 Å². The fourth-order valence-corrected chi connectivity index (χ4v) is 115. The van der Waals surface area contributed by atoms with Crippen LogP contribution in [0.4, 0.5) is 0 Å². The minimum Gasteiger partial charge on any atom is -0.171 e.